The van der Waals surface area contributed by atoms with Crippen LogP contribution < -0.4 is 9.46 Å². The first-order chi connectivity index (χ1) is 12.4. The summed E-state index contributed by atoms with van der Waals surface area (Å²) in [6, 6.07) is 10.4. The second-order valence-corrected chi connectivity index (χ2v) is 7.60. The van der Waals surface area contributed by atoms with E-state index in [0.29, 0.717) is 11.4 Å². The topological polar surface area (TPSA) is 86.1 Å². The molecule has 2 heterocycles. The van der Waals surface area contributed by atoms with E-state index in [1.165, 1.54) is 6.07 Å². The zero-order valence-corrected chi connectivity index (χ0v) is 15.6. The third kappa shape index (κ3) is 3.76. The van der Waals surface area contributed by atoms with Gasteiger partial charge in [-0.25, -0.2) is 13.1 Å². The zero-order valence-electron chi connectivity index (χ0n) is 14.8. The number of pyridine rings is 1. The van der Waals surface area contributed by atoms with Crippen LogP contribution in [0.2, 0.25) is 0 Å². The van der Waals surface area contributed by atoms with Crippen molar-refractivity contribution in [2.75, 3.05) is 7.11 Å². The van der Waals surface area contributed by atoms with E-state index >= 15 is 0 Å². The number of methoxy groups -OCH3 is 1. The molecule has 136 valence electrons. The Bertz CT molecular complexity index is 1010. The Balaban J connectivity index is 1.77. The molecule has 3 rings (SSSR count). The number of rotatable bonds is 6. The highest BCUT2D eigenvalue weighted by Crippen LogP contribution is 2.22. The van der Waals surface area contributed by atoms with Gasteiger partial charge < -0.3 is 4.74 Å². The van der Waals surface area contributed by atoms with Gasteiger partial charge in [-0.15, -0.1) is 0 Å². The molecule has 0 aliphatic carbocycles. The molecular formula is C18H20N4O3S. The van der Waals surface area contributed by atoms with Crippen molar-refractivity contribution in [3.8, 4) is 17.0 Å². The molecule has 0 unspecified atom stereocenters. The fraction of sp³-hybridized carbons (Fsp3) is 0.222. The third-order valence-electron chi connectivity index (χ3n) is 4.03. The van der Waals surface area contributed by atoms with Gasteiger partial charge in [0, 0.05) is 25.0 Å². The van der Waals surface area contributed by atoms with Crippen LogP contribution in [0.4, 0.5) is 0 Å². The average molecular weight is 372 g/mol. The molecule has 1 N–H and O–H groups in total. The van der Waals surface area contributed by atoms with Crippen molar-refractivity contribution < 1.29 is 13.2 Å². The van der Waals surface area contributed by atoms with Gasteiger partial charge in [-0.3, -0.25) is 9.67 Å². The number of nitrogens with one attached hydrogen (secondary N) is 1. The van der Waals surface area contributed by atoms with Crippen LogP contribution in [0.25, 0.3) is 11.3 Å². The molecule has 0 saturated heterocycles. The summed E-state index contributed by atoms with van der Waals surface area (Å²) in [5.74, 6) is 0.649. The lowest BCUT2D eigenvalue weighted by atomic mass is 10.2. The van der Waals surface area contributed by atoms with Gasteiger partial charge in [-0.05, 0) is 48.9 Å². The monoisotopic (exact) mass is 372 g/mol. The maximum atomic E-state index is 12.5. The van der Waals surface area contributed by atoms with Gasteiger partial charge in [-0.1, -0.05) is 0 Å². The largest absolute Gasteiger partial charge is 0.496 e. The van der Waals surface area contributed by atoms with Crippen molar-refractivity contribution in [2.24, 2.45) is 7.05 Å². The van der Waals surface area contributed by atoms with Gasteiger partial charge in [0.25, 0.3) is 0 Å². The number of ether oxygens (including phenoxy) is 1. The molecule has 0 bridgehead atoms. The van der Waals surface area contributed by atoms with Crippen molar-refractivity contribution >= 4 is 10.0 Å². The lowest BCUT2D eigenvalue weighted by Gasteiger charge is -2.09. The van der Waals surface area contributed by atoms with Crippen LogP contribution in [0.3, 0.4) is 0 Å². The van der Waals surface area contributed by atoms with Crippen LogP contribution >= 0.6 is 0 Å². The number of benzene rings is 1. The first kappa shape index (κ1) is 18.1. The quantitative estimate of drug-likeness (QED) is 0.717. The first-order valence-corrected chi connectivity index (χ1v) is 9.46. The molecule has 8 heteroatoms. The lowest BCUT2D eigenvalue weighted by Crippen LogP contribution is -2.23. The summed E-state index contributed by atoms with van der Waals surface area (Å²) in [6.07, 6.45) is 3.41. The molecule has 0 spiro atoms. The standard InChI is InChI=1S/C18H20N4O3S/c1-13-10-16(4-5-18(13)25-3)26(23,24)20-12-15-11-17(22(2)21-15)14-6-8-19-9-7-14/h4-11,20H,12H2,1-3H3. The van der Waals surface area contributed by atoms with Gasteiger partial charge in [0.1, 0.15) is 5.75 Å². The zero-order chi connectivity index (χ0) is 18.7. The highest BCUT2D eigenvalue weighted by Gasteiger charge is 2.16. The molecule has 26 heavy (non-hydrogen) atoms. The van der Waals surface area contributed by atoms with E-state index in [0.717, 1.165) is 16.8 Å². The van der Waals surface area contributed by atoms with Crippen molar-refractivity contribution in [1.29, 1.82) is 0 Å². The van der Waals surface area contributed by atoms with Crippen LogP contribution in [0.1, 0.15) is 11.3 Å². The Morgan fingerprint density at radius 1 is 1.15 bits per heavy atom. The van der Waals surface area contributed by atoms with Crippen molar-refractivity contribution in [3.05, 3.63) is 60.0 Å². The Morgan fingerprint density at radius 2 is 1.88 bits per heavy atom. The molecular weight excluding hydrogens is 352 g/mol. The number of sulfonamides is 1. The normalized spacial score (nSPS) is 11.5. The Morgan fingerprint density at radius 3 is 2.54 bits per heavy atom. The molecule has 0 saturated carbocycles. The second-order valence-electron chi connectivity index (χ2n) is 5.84. The Kier molecular flexibility index (Phi) is 5.06. The molecule has 1 aromatic carbocycles. The van der Waals surface area contributed by atoms with Crippen molar-refractivity contribution in [3.63, 3.8) is 0 Å². The predicted octanol–water partition coefficient (Wildman–Crippen LogP) is 2.28. The molecule has 0 aliphatic rings. The molecule has 2 aromatic heterocycles. The SMILES string of the molecule is COc1ccc(S(=O)(=O)NCc2cc(-c3ccncc3)n(C)n2)cc1C. The van der Waals surface area contributed by atoms with E-state index in [2.05, 4.69) is 14.8 Å². The van der Waals surface area contributed by atoms with E-state index < -0.39 is 10.0 Å². The molecule has 0 atom stereocenters. The number of nitrogens with zero attached hydrogens (tertiary/aromatic N) is 3. The molecule has 7 nitrogen and oxygen atoms in total. The molecule has 3 aromatic rings. The molecule has 0 amide bonds. The van der Waals surface area contributed by atoms with E-state index in [9.17, 15) is 8.42 Å². The van der Waals surface area contributed by atoms with Crippen LogP contribution in [0, 0.1) is 6.92 Å². The summed E-state index contributed by atoms with van der Waals surface area (Å²) in [4.78, 5) is 4.19. The van der Waals surface area contributed by atoms with Gasteiger partial charge in [0.15, 0.2) is 0 Å². The minimum atomic E-state index is -3.64. The van der Waals surface area contributed by atoms with Gasteiger partial charge >= 0.3 is 0 Å². The van der Waals surface area contributed by atoms with E-state index in [1.807, 2.05) is 25.2 Å². The van der Waals surface area contributed by atoms with Crippen LogP contribution in [-0.4, -0.2) is 30.3 Å². The summed E-state index contributed by atoms with van der Waals surface area (Å²) in [5, 5.41) is 4.38. The summed E-state index contributed by atoms with van der Waals surface area (Å²) in [5.41, 5.74) is 3.25. The molecule has 0 fully saturated rings. The summed E-state index contributed by atoms with van der Waals surface area (Å²) < 4.78 is 34.5. The van der Waals surface area contributed by atoms with Crippen LogP contribution in [-0.2, 0) is 23.6 Å². The molecule has 0 radical (unpaired) electrons. The first-order valence-electron chi connectivity index (χ1n) is 7.98. The summed E-state index contributed by atoms with van der Waals surface area (Å²) in [6.45, 7) is 1.91. The summed E-state index contributed by atoms with van der Waals surface area (Å²) in [7, 11) is -0.267. The van der Waals surface area contributed by atoms with Crippen molar-refractivity contribution in [2.45, 2.75) is 18.4 Å². The maximum absolute atomic E-state index is 12.5. The summed E-state index contributed by atoms with van der Waals surface area (Å²) >= 11 is 0. The van der Waals surface area contributed by atoms with Crippen molar-refractivity contribution in [1.82, 2.24) is 19.5 Å². The van der Waals surface area contributed by atoms with Crippen LogP contribution in [0.15, 0.2) is 53.7 Å². The number of hydrogen-bond donors (Lipinski definition) is 1. The van der Waals surface area contributed by atoms with Gasteiger partial charge in [0.2, 0.25) is 10.0 Å². The minimum absolute atomic E-state index is 0.104. The second kappa shape index (κ2) is 7.27. The fourth-order valence-corrected chi connectivity index (χ4v) is 3.76. The predicted molar refractivity (Wildman–Crippen MR) is 98.2 cm³/mol. The van der Waals surface area contributed by atoms with Crippen LogP contribution in [0.5, 0.6) is 5.75 Å². The van der Waals surface area contributed by atoms with E-state index in [4.69, 9.17) is 4.74 Å². The number of hydrogen-bond acceptors (Lipinski definition) is 5. The maximum Gasteiger partial charge on any atom is 0.240 e. The fourth-order valence-electron chi connectivity index (χ4n) is 2.68. The van der Waals surface area contributed by atoms with Gasteiger partial charge in [-0.2, -0.15) is 5.10 Å². The highest BCUT2D eigenvalue weighted by atomic mass is 32.2. The van der Waals surface area contributed by atoms with E-state index in [-0.39, 0.29) is 11.4 Å². The average Bonchev–Trinajstić information content (AvgIpc) is 3.01. The van der Waals surface area contributed by atoms with Gasteiger partial charge in [0.05, 0.1) is 29.9 Å². The Hall–Kier alpha value is -2.71. The number of aromatic nitrogens is 3. The smallest absolute Gasteiger partial charge is 0.240 e. The minimum Gasteiger partial charge on any atom is -0.496 e. The van der Waals surface area contributed by atoms with E-state index in [1.54, 1.807) is 43.2 Å². The Labute approximate surface area is 152 Å². The third-order valence-corrected chi connectivity index (χ3v) is 5.43. The molecule has 0 aliphatic heterocycles. The number of aryl methyl sites for hydroxylation is 2. The lowest BCUT2D eigenvalue weighted by molar-refractivity contribution is 0.411. The highest BCUT2D eigenvalue weighted by molar-refractivity contribution is 7.89.